The molecule has 5 N–H and O–H groups in total. The number of nitrogens with one attached hydrogen (secondary N) is 1. The van der Waals surface area contributed by atoms with E-state index in [1.165, 1.54) is 12.8 Å². The molecule has 0 radical (unpaired) electrons. The Kier molecular flexibility index (Phi) is 5.56. The Balaban J connectivity index is 1.70. The zero-order chi connectivity index (χ0) is 17.6. The predicted molar refractivity (Wildman–Crippen MR) is 103 cm³/mol. The zero-order valence-corrected chi connectivity index (χ0v) is 14.8. The standard InChI is InChI=1S/C20H27N5/c1-15-13-18(25-12-2-9-24-25)4-5-19(15)20(22)6-3-17(21)14-16-7-10-23-11-8-16/h2-6,9,12-13,16,23H,7-8,10-11,14,21-22H2,1H3/b17-3-,20-6-. The van der Waals surface area contributed by atoms with E-state index in [0.29, 0.717) is 5.92 Å². The van der Waals surface area contributed by atoms with Crippen molar-refractivity contribution in [3.05, 3.63) is 65.6 Å². The fraction of sp³-hybridized carbons (Fsp3) is 0.350. The van der Waals surface area contributed by atoms with Gasteiger partial charge in [-0.05, 0) is 81.1 Å². The minimum absolute atomic E-state index is 0.683. The van der Waals surface area contributed by atoms with Crippen molar-refractivity contribution < 1.29 is 0 Å². The smallest absolute Gasteiger partial charge is 0.0648 e. The summed E-state index contributed by atoms with van der Waals surface area (Å²) in [6.07, 6.45) is 10.9. The van der Waals surface area contributed by atoms with Gasteiger partial charge in [0, 0.05) is 29.4 Å². The van der Waals surface area contributed by atoms with E-state index < -0.39 is 0 Å². The molecule has 0 amide bonds. The van der Waals surface area contributed by atoms with Crippen LogP contribution in [-0.2, 0) is 0 Å². The third-order valence-electron chi connectivity index (χ3n) is 4.75. The average molecular weight is 337 g/mol. The Hall–Kier alpha value is -2.53. The number of nitrogens with zero attached hydrogens (tertiary/aromatic N) is 2. The molecule has 1 fully saturated rings. The molecule has 5 heteroatoms. The summed E-state index contributed by atoms with van der Waals surface area (Å²) < 4.78 is 1.84. The van der Waals surface area contributed by atoms with Crippen LogP contribution in [0.1, 0.15) is 30.4 Å². The van der Waals surface area contributed by atoms with Gasteiger partial charge in [-0.25, -0.2) is 4.68 Å². The molecule has 0 atom stereocenters. The number of nitrogens with two attached hydrogens (primary N) is 2. The van der Waals surface area contributed by atoms with Gasteiger partial charge >= 0.3 is 0 Å². The SMILES string of the molecule is Cc1cc(-n2cccn2)ccc1/C(N)=C/C=C(\N)CC1CCNCC1. The number of hydrogen-bond donors (Lipinski definition) is 3. The van der Waals surface area contributed by atoms with Gasteiger partial charge in [0.05, 0.1) is 5.69 Å². The maximum atomic E-state index is 6.27. The first-order chi connectivity index (χ1) is 12.1. The van der Waals surface area contributed by atoms with Crippen LogP contribution in [0.2, 0.25) is 0 Å². The Morgan fingerprint density at radius 2 is 2.08 bits per heavy atom. The fourth-order valence-corrected chi connectivity index (χ4v) is 3.31. The molecule has 0 unspecified atom stereocenters. The van der Waals surface area contributed by atoms with Crippen LogP contribution in [0.3, 0.4) is 0 Å². The van der Waals surface area contributed by atoms with E-state index in [4.69, 9.17) is 11.5 Å². The summed E-state index contributed by atoms with van der Waals surface area (Å²) in [4.78, 5) is 0. The van der Waals surface area contributed by atoms with E-state index >= 15 is 0 Å². The van der Waals surface area contributed by atoms with Gasteiger partial charge in [-0.2, -0.15) is 5.10 Å². The highest BCUT2D eigenvalue weighted by Crippen LogP contribution is 2.21. The van der Waals surface area contributed by atoms with E-state index in [1.807, 2.05) is 41.2 Å². The quantitative estimate of drug-likeness (QED) is 0.733. The van der Waals surface area contributed by atoms with E-state index in [9.17, 15) is 0 Å². The molecule has 0 saturated carbocycles. The van der Waals surface area contributed by atoms with Crippen LogP contribution in [0.5, 0.6) is 0 Å². The maximum Gasteiger partial charge on any atom is 0.0648 e. The normalized spacial score (nSPS) is 17.0. The molecule has 25 heavy (non-hydrogen) atoms. The second-order valence-electron chi connectivity index (χ2n) is 6.71. The molecule has 5 nitrogen and oxygen atoms in total. The lowest BCUT2D eigenvalue weighted by molar-refractivity contribution is 0.371. The highest BCUT2D eigenvalue weighted by molar-refractivity contribution is 5.68. The minimum Gasteiger partial charge on any atom is -0.402 e. The first-order valence-corrected chi connectivity index (χ1v) is 8.87. The van der Waals surface area contributed by atoms with Gasteiger partial charge in [0.25, 0.3) is 0 Å². The number of aromatic nitrogens is 2. The predicted octanol–water partition coefficient (Wildman–Crippen LogP) is 2.71. The Morgan fingerprint density at radius 1 is 1.28 bits per heavy atom. The second-order valence-corrected chi connectivity index (χ2v) is 6.71. The number of hydrogen-bond acceptors (Lipinski definition) is 4. The molecule has 0 aliphatic carbocycles. The van der Waals surface area contributed by atoms with Crippen LogP contribution in [0.15, 0.2) is 54.5 Å². The first-order valence-electron chi connectivity index (χ1n) is 8.87. The van der Waals surface area contributed by atoms with Gasteiger partial charge in [-0.3, -0.25) is 0 Å². The molecule has 1 aliphatic heterocycles. The lowest BCUT2D eigenvalue weighted by Crippen LogP contribution is -2.28. The van der Waals surface area contributed by atoms with Crippen LogP contribution >= 0.6 is 0 Å². The van der Waals surface area contributed by atoms with Crippen molar-refractivity contribution in [1.82, 2.24) is 15.1 Å². The third kappa shape index (κ3) is 4.51. The summed E-state index contributed by atoms with van der Waals surface area (Å²) in [5.74, 6) is 0.683. The molecule has 132 valence electrons. The maximum absolute atomic E-state index is 6.27. The molecule has 1 aromatic heterocycles. The van der Waals surface area contributed by atoms with Crippen molar-refractivity contribution in [1.29, 1.82) is 0 Å². The number of allylic oxidation sites excluding steroid dienone is 3. The molecular weight excluding hydrogens is 310 g/mol. The molecule has 2 heterocycles. The van der Waals surface area contributed by atoms with E-state index in [1.54, 1.807) is 6.20 Å². The van der Waals surface area contributed by atoms with Gasteiger partial charge in [-0.15, -0.1) is 0 Å². The molecule has 0 spiro atoms. The van der Waals surface area contributed by atoms with Crippen molar-refractivity contribution in [2.75, 3.05) is 13.1 Å². The van der Waals surface area contributed by atoms with Crippen molar-refractivity contribution in [3.8, 4) is 5.69 Å². The highest BCUT2D eigenvalue weighted by atomic mass is 15.3. The van der Waals surface area contributed by atoms with Crippen molar-refractivity contribution in [2.24, 2.45) is 17.4 Å². The molecule has 2 aromatic rings. The first kappa shape index (κ1) is 17.3. The molecular formula is C20H27N5. The summed E-state index contributed by atoms with van der Waals surface area (Å²) in [6.45, 7) is 4.25. The molecule has 3 rings (SSSR count). The van der Waals surface area contributed by atoms with Crippen molar-refractivity contribution >= 4 is 5.70 Å². The molecule has 1 aliphatic rings. The van der Waals surface area contributed by atoms with Gasteiger partial charge in [0.15, 0.2) is 0 Å². The fourth-order valence-electron chi connectivity index (χ4n) is 3.31. The number of rotatable bonds is 5. The highest BCUT2D eigenvalue weighted by Gasteiger charge is 2.13. The largest absolute Gasteiger partial charge is 0.402 e. The minimum atomic E-state index is 0.683. The van der Waals surface area contributed by atoms with Crippen LogP contribution < -0.4 is 16.8 Å². The Bertz CT molecular complexity index is 752. The van der Waals surface area contributed by atoms with E-state index in [-0.39, 0.29) is 0 Å². The van der Waals surface area contributed by atoms with Crippen molar-refractivity contribution in [2.45, 2.75) is 26.2 Å². The molecule has 1 saturated heterocycles. The monoisotopic (exact) mass is 337 g/mol. The topological polar surface area (TPSA) is 81.9 Å². The summed E-state index contributed by atoms with van der Waals surface area (Å²) in [5.41, 5.74) is 17.3. The summed E-state index contributed by atoms with van der Waals surface area (Å²) in [5, 5.41) is 7.64. The summed E-state index contributed by atoms with van der Waals surface area (Å²) in [7, 11) is 0. The van der Waals surface area contributed by atoms with E-state index in [0.717, 1.165) is 47.7 Å². The van der Waals surface area contributed by atoms with Crippen LogP contribution in [0, 0.1) is 12.8 Å². The van der Waals surface area contributed by atoms with Gasteiger partial charge < -0.3 is 16.8 Å². The number of benzene rings is 1. The number of piperidine rings is 1. The van der Waals surface area contributed by atoms with Gasteiger partial charge in [-0.1, -0.05) is 6.07 Å². The molecule has 0 bridgehead atoms. The van der Waals surface area contributed by atoms with Crippen LogP contribution in [0.25, 0.3) is 11.4 Å². The van der Waals surface area contributed by atoms with Crippen molar-refractivity contribution in [3.63, 3.8) is 0 Å². The zero-order valence-electron chi connectivity index (χ0n) is 14.8. The number of aryl methyl sites for hydroxylation is 1. The lowest BCUT2D eigenvalue weighted by atomic mass is 9.93. The Labute approximate surface area is 149 Å². The lowest BCUT2D eigenvalue weighted by Gasteiger charge is -2.22. The average Bonchev–Trinajstić information content (AvgIpc) is 3.15. The van der Waals surface area contributed by atoms with Gasteiger partial charge in [0.1, 0.15) is 0 Å². The van der Waals surface area contributed by atoms with Crippen LogP contribution in [-0.4, -0.2) is 22.9 Å². The third-order valence-corrected chi connectivity index (χ3v) is 4.75. The summed E-state index contributed by atoms with van der Waals surface area (Å²) in [6, 6.07) is 8.06. The Morgan fingerprint density at radius 3 is 2.76 bits per heavy atom. The van der Waals surface area contributed by atoms with E-state index in [2.05, 4.69) is 23.4 Å². The van der Waals surface area contributed by atoms with Gasteiger partial charge in [0.2, 0.25) is 0 Å². The van der Waals surface area contributed by atoms with Crippen LogP contribution in [0.4, 0.5) is 0 Å². The summed E-state index contributed by atoms with van der Waals surface area (Å²) >= 11 is 0. The molecule has 1 aromatic carbocycles. The second kappa shape index (κ2) is 8.03.